The van der Waals surface area contributed by atoms with Crippen LogP contribution in [0.5, 0.6) is 0 Å². The molecule has 0 aromatic carbocycles. The van der Waals surface area contributed by atoms with E-state index < -0.39 is 0 Å². The molecule has 1 unspecified atom stereocenters. The van der Waals surface area contributed by atoms with Gasteiger partial charge in [0.25, 0.3) is 0 Å². The zero-order valence-electron chi connectivity index (χ0n) is 8.39. The van der Waals surface area contributed by atoms with Gasteiger partial charge in [0.1, 0.15) is 0 Å². The molecular weight excluding hydrogens is 156 g/mol. The second-order valence-electron chi connectivity index (χ2n) is 3.87. The average molecular weight is 174 g/mol. The maximum atomic E-state index is 11.0. The van der Waals surface area contributed by atoms with Crippen LogP contribution in [0.3, 0.4) is 0 Å². The highest BCUT2D eigenvalue weighted by atomic mass is 16.6. The van der Waals surface area contributed by atoms with E-state index in [9.17, 15) is 4.79 Å². The summed E-state index contributed by atoms with van der Waals surface area (Å²) in [5, 5.41) is 2.75. The van der Waals surface area contributed by atoms with Crippen LogP contribution in [0, 0.1) is 5.41 Å². The van der Waals surface area contributed by atoms with Gasteiger partial charge in [-0.25, -0.2) is 10.3 Å². The molecule has 0 aromatic rings. The van der Waals surface area contributed by atoms with Crippen LogP contribution in [-0.4, -0.2) is 19.2 Å². The molecule has 12 heavy (non-hydrogen) atoms. The van der Waals surface area contributed by atoms with Gasteiger partial charge in [0, 0.05) is 6.04 Å². The number of hydrogen-bond donors (Lipinski definition) is 2. The Morgan fingerprint density at radius 1 is 1.42 bits per heavy atom. The van der Waals surface area contributed by atoms with Gasteiger partial charge in [-0.2, -0.15) is 0 Å². The highest BCUT2D eigenvalue weighted by Gasteiger charge is 2.21. The summed E-state index contributed by atoms with van der Waals surface area (Å²) in [5.74, 6) is 0. The molecule has 0 aliphatic rings. The second-order valence-corrected chi connectivity index (χ2v) is 3.87. The minimum atomic E-state index is -0.306. The Labute approximate surface area is 73.6 Å². The summed E-state index contributed by atoms with van der Waals surface area (Å²) in [6.45, 7) is 8.13. The maximum Gasteiger partial charge on any atom is 0.338 e. The molecule has 2 N–H and O–H groups in total. The van der Waals surface area contributed by atoms with Crippen LogP contribution in [-0.2, 0) is 4.84 Å². The Morgan fingerprint density at radius 2 is 1.92 bits per heavy atom. The minimum Gasteiger partial charge on any atom is -0.333 e. The number of amides is 2. The molecule has 0 aliphatic heterocycles. The third-order valence-electron chi connectivity index (χ3n) is 1.84. The molecule has 0 heterocycles. The van der Waals surface area contributed by atoms with Crippen molar-refractivity contribution >= 4 is 6.03 Å². The maximum absolute atomic E-state index is 11.0. The molecular formula is C8H18N2O2. The van der Waals surface area contributed by atoms with Crippen LogP contribution in [0.2, 0.25) is 0 Å². The Balaban J connectivity index is 3.84. The largest absolute Gasteiger partial charge is 0.338 e. The monoisotopic (exact) mass is 174 g/mol. The van der Waals surface area contributed by atoms with Gasteiger partial charge in [-0.3, -0.25) is 4.84 Å². The normalized spacial score (nSPS) is 13.8. The first-order chi connectivity index (χ1) is 5.38. The lowest BCUT2D eigenvalue weighted by Crippen LogP contribution is -2.45. The summed E-state index contributed by atoms with van der Waals surface area (Å²) in [5.41, 5.74) is 2.26. The number of hydrogen-bond acceptors (Lipinski definition) is 2. The fourth-order valence-corrected chi connectivity index (χ4v) is 0.535. The Bertz CT molecular complexity index is 152. The first kappa shape index (κ1) is 11.2. The summed E-state index contributed by atoms with van der Waals surface area (Å²) in [6.07, 6.45) is 0. The summed E-state index contributed by atoms with van der Waals surface area (Å²) >= 11 is 0. The number of carbonyl (C=O) groups excluding carboxylic acids is 1. The zero-order valence-corrected chi connectivity index (χ0v) is 8.39. The second kappa shape index (κ2) is 4.30. The van der Waals surface area contributed by atoms with Crippen molar-refractivity contribution in [3.8, 4) is 0 Å². The fraction of sp³-hybridized carbons (Fsp3) is 0.875. The third kappa shape index (κ3) is 4.18. The van der Waals surface area contributed by atoms with E-state index in [2.05, 4.69) is 36.4 Å². The fourth-order valence-electron chi connectivity index (χ4n) is 0.535. The van der Waals surface area contributed by atoms with Crippen molar-refractivity contribution < 1.29 is 9.63 Å². The zero-order chi connectivity index (χ0) is 9.78. The van der Waals surface area contributed by atoms with Gasteiger partial charge in [-0.1, -0.05) is 20.8 Å². The highest BCUT2D eigenvalue weighted by Crippen LogP contribution is 2.17. The van der Waals surface area contributed by atoms with E-state index in [0.29, 0.717) is 0 Å². The third-order valence-corrected chi connectivity index (χ3v) is 1.84. The molecule has 0 aromatic heterocycles. The van der Waals surface area contributed by atoms with Crippen LogP contribution in [0.1, 0.15) is 27.7 Å². The van der Waals surface area contributed by atoms with Gasteiger partial charge >= 0.3 is 6.03 Å². The Kier molecular flexibility index (Phi) is 4.03. The van der Waals surface area contributed by atoms with Crippen LogP contribution >= 0.6 is 0 Å². The molecule has 72 valence electrons. The Morgan fingerprint density at radius 3 is 2.25 bits per heavy atom. The lowest BCUT2D eigenvalue weighted by molar-refractivity contribution is 0.103. The molecule has 0 radical (unpaired) electrons. The van der Waals surface area contributed by atoms with Crippen molar-refractivity contribution in [2.24, 2.45) is 5.41 Å². The number of hydroxylamine groups is 1. The van der Waals surface area contributed by atoms with Gasteiger partial charge in [0.05, 0.1) is 7.11 Å². The molecule has 0 bridgehead atoms. The number of rotatable bonds is 2. The topological polar surface area (TPSA) is 50.4 Å². The van der Waals surface area contributed by atoms with E-state index in [1.54, 1.807) is 0 Å². The van der Waals surface area contributed by atoms with Crippen molar-refractivity contribution in [1.82, 2.24) is 10.8 Å². The van der Waals surface area contributed by atoms with Crippen LogP contribution in [0.4, 0.5) is 4.79 Å². The number of carbonyl (C=O) groups is 1. The quantitative estimate of drug-likeness (QED) is 0.620. The predicted molar refractivity (Wildman–Crippen MR) is 47.6 cm³/mol. The van der Waals surface area contributed by atoms with Gasteiger partial charge < -0.3 is 5.32 Å². The van der Waals surface area contributed by atoms with Gasteiger partial charge in [-0.05, 0) is 12.3 Å². The molecule has 0 rings (SSSR count). The average Bonchev–Trinajstić information content (AvgIpc) is 1.85. The van der Waals surface area contributed by atoms with E-state index >= 15 is 0 Å². The smallest absolute Gasteiger partial charge is 0.333 e. The van der Waals surface area contributed by atoms with E-state index in [0.717, 1.165) is 0 Å². The molecule has 0 saturated carbocycles. The van der Waals surface area contributed by atoms with Crippen molar-refractivity contribution in [2.75, 3.05) is 7.11 Å². The number of nitrogens with one attached hydrogen (secondary N) is 2. The van der Waals surface area contributed by atoms with E-state index in [4.69, 9.17) is 0 Å². The van der Waals surface area contributed by atoms with Crippen LogP contribution in [0.25, 0.3) is 0 Å². The van der Waals surface area contributed by atoms with Crippen molar-refractivity contribution in [3.05, 3.63) is 0 Å². The van der Waals surface area contributed by atoms with E-state index in [1.807, 2.05) is 6.92 Å². The summed E-state index contributed by atoms with van der Waals surface area (Å²) in [6, 6.07) is -0.201. The highest BCUT2D eigenvalue weighted by molar-refractivity contribution is 5.73. The molecule has 4 nitrogen and oxygen atoms in total. The molecule has 0 saturated heterocycles. The standard InChI is InChI=1S/C8H18N2O2/c1-6(8(2,3)4)9-7(11)10-12-5/h6H,1-5H3,(H2,9,10,11). The van der Waals surface area contributed by atoms with Gasteiger partial charge in [0.15, 0.2) is 0 Å². The van der Waals surface area contributed by atoms with Crippen molar-refractivity contribution in [2.45, 2.75) is 33.7 Å². The molecule has 0 aliphatic carbocycles. The molecule has 1 atom stereocenters. The molecule has 4 heteroatoms. The summed E-state index contributed by atoms with van der Waals surface area (Å²) < 4.78 is 0. The number of urea groups is 1. The summed E-state index contributed by atoms with van der Waals surface area (Å²) in [7, 11) is 1.40. The lowest BCUT2D eigenvalue weighted by atomic mass is 9.88. The predicted octanol–water partition coefficient (Wildman–Crippen LogP) is 1.28. The van der Waals surface area contributed by atoms with E-state index in [-0.39, 0.29) is 17.5 Å². The van der Waals surface area contributed by atoms with Gasteiger partial charge in [0.2, 0.25) is 0 Å². The molecule has 0 spiro atoms. The Hall–Kier alpha value is -0.770. The first-order valence-electron chi connectivity index (χ1n) is 3.97. The SMILES string of the molecule is CONC(=O)NC(C)C(C)(C)C. The molecule has 0 fully saturated rings. The first-order valence-corrected chi connectivity index (χ1v) is 3.97. The van der Waals surface area contributed by atoms with Crippen molar-refractivity contribution in [1.29, 1.82) is 0 Å². The summed E-state index contributed by atoms with van der Waals surface area (Å²) in [4.78, 5) is 15.4. The van der Waals surface area contributed by atoms with Gasteiger partial charge in [-0.15, -0.1) is 0 Å². The van der Waals surface area contributed by atoms with Crippen molar-refractivity contribution in [3.63, 3.8) is 0 Å². The van der Waals surface area contributed by atoms with Crippen LogP contribution < -0.4 is 10.8 Å². The minimum absolute atomic E-state index is 0.0606. The molecule has 2 amide bonds. The lowest BCUT2D eigenvalue weighted by Gasteiger charge is -2.27. The van der Waals surface area contributed by atoms with Crippen LogP contribution in [0.15, 0.2) is 0 Å². The van der Waals surface area contributed by atoms with E-state index in [1.165, 1.54) is 7.11 Å².